The van der Waals surface area contributed by atoms with Crippen molar-refractivity contribution in [3.8, 4) is 11.5 Å². The first-order chi connectivity index (χ1) is 11.1. The third kappa shape index (κ3) is 4.37. The standard InChI is InChI=1S/C16H16N2O5/c1-21-14-10-6-7-12(11-14)18(17-15(19)22-2)16(20)23-13-8-4-3-5-9-13/h3-11H,1-2H3,(H,17,19). The molecule has 0 radical (unpaired) electrons. The normalized spacial score (nSPS) is 9.65. The Morgan fingerprint density at radius 3 is 2.30 bits per heavy atom. The van der Waals surface area contributed by atoms with E-state index in [1.54, 1.807) is 54.6 Å². The molecular formula is C16H16N2O5. The molecule has 0 fully saturated rings. The van der Waals surface area contributed by atoms with Crippen molar-refractivity contribution in [2.75, 3.05) is 19.2 Å². The minimum atomic E-state index is -0.808. The molecule has 0 unspecified atom stereocenters. The number of anilines is 1. The highest BCUT2D eigenvalue weighted by Crippen LogP contribution is 2.21. The van der Waals surface area contributed by atoms with Crippen LogP contribution in [0.5, 0.6) is 11.5 Å². The zero-order chi connectivity index (χ0) is 16.7. The molecule has 0 heterocycles. The Balaban J connectivity index is 2.25. The van der Waals surface area contributed by atoms with Crippen LogP contribution in [-0.2, 0) is 4.74 Å². The van der Waals surface area contributed by atoms with Crippen molar-refractivity contribution in [3.05, 3.63) is 54.6 Å². The van der Waals surface area contributed by atoms with Gasteiger partial charge in [-0.15, -0.1) is 0 Å². The van der Waals surface area contributed by atoms with Gasteiger partial charge in [0.05, 0.1) is 19.9 Å². The number of rotatable bonds is 3. The predicted octanol–water partition coefficient (Wildman–Crippen LogP) is 2.97. The summed E-state index contributed by atoms with van der Waals surface area (Å²) in [7, 11) is 2.70. The summed E-state index contributed by atoms with van der Waals surface area (Å²) in [5.74, 6) is 0.865. The lowest BCUT2D eigenvalue weighted by molar-refractivity contribution is 0.165. The molecule has 0 saturated carbocycles. The van der Waals surface area contributed by atoms with E-state index in [4.69, 9.17) is 9.47 Å². The average Bonchev–Trinajstić information content (AvgIpc) is 2.60. The molecule has 7 nitrogen and oxygen atoms in total. The third-order valence-electron chi connectivity index (χ3n) is 2.83. The molecule has 0 atom stereocenters. The number of carbonyl (C=O) groups excluding carboxylic acids is 2. The van der Waals surface area contributed by atoms with Crippen LogP contribution in [0, 0.1) is 0 Å². The fraction of sp³-hybridized carbons (Fsp3) is 0.125. The lowest BCUT2D eigenvalue weighted by atomic mass is 10.3. The molecule has 0 aromatic heterocycles. The maximum atomic E-state index is 12.4. The zero-order valence-electron chi connectivity index (χ0n) is 12.7. The molecule has 0 aliphatic rings. The van der Waals surface area contributed by atoms with Crippen LogP contribution >= 0.6 is 0 Å². The SMILES string of the molecule is COC(=O)NN(C(=O)Oc1ccccc1)c1cccc(OC)c1. The van der Waals surface area contributed by atoms with Crippen LogP contribution in [0.4, 0.5) is 15.3 Å². The molecule has 2 aromatic rings. The predicted molar refractivity (Wildman–Crippen MR) is 83.5 cm³/mol. The summed E-state index contributed by atoms with van der Waals surface area (Å²) >= 11 is 0. The minimum Gasteiger partial charge on any atom is -0.497 e. The number of carbonyl (C=O) groups is 2. The highest BCUT2D eigenvalue weighted by molar-refractivity contribution is 5.91. The second-order valence-corrected chi connectivity index (χ2v) is 4.32. The van der Waals surface area contributed by atoms with Crippen molar-refractivity contribution in [1.29, 1.82) is 0 Å². The van der Waals surface area contributed by atoms with E-state index in [1.165, 1.54) is 14.2 Å². The van der Waals surface area contributed by atoms with Gasteiger partial charge in [-0.3, -0.25) is 0 Å². The van der Waals surface area contributed by atoms with Crippen molar-refractivity contribution < 1.29 is 23.8 Å². The second-order valence-electron chi connectivity index (χ2n) is 4.32. The molecule has 2 amide bonds. The van der Waals surface area contributed by atoms with Crippen molar-refractivity contribution >= 4 is 17.9 Å². The molecule has 0 spiro atoms. The Hall–Kier alpha value is -3.22. The van der Waals surface area contributed by atoms with Gasteiger partial charge in [0.15, 0.2) is 0 Å². The number of nitrogens with one attached hydrogen (secondary N) is 1. The van der Waals surface area contributed by atoms with Gasteiger partial charge in [0, 0.05) is 6.07 Å². The largest absolute Gasteiger partial charge is 0.497 e. The Morgan fingerprint density at radius 1 is 0.957 bits per heavy atom. The number of amides is 2. The number of hydrogen-bond acceptors (Lipinski definition) is 5. The van der Waals surface area contributed by atoms with Gasteiger partial charge in [-0.2, -0.15) is 5.01 Å². The topological polar surface area (TPSA) is 77.1 Å². The minimum absolute atomic E-state index is 0.345. The number of hydrazine groups is 1. The number of para-hydroxylation sites is 1. The quantitative estimate of drug-likeness (QED) is 0.881. The number of hydrogen-bond donors (Lipinski definition) is 1. The zero-order valence-corrected chi connectivity index (χ0v) is 12.7. The van der Waals surface area contributed by atoms with E-state index in [1.807, 2.05) is 0 Å². The van der Waals surface area contributed by atoms with E-state index in [2.05, 4.69) is 10.2 Å². The van der Waals surface area contributed by atoms with Crippen LogP contribution in [0.15, 0.2) is 54.6 Å². The monoisotopic (exact) mass is 316 g/mol. The highest BCUT2D eigenvalue weighted by atomic mass is 16.6. The third-order valence-corrected chi connectivity index (χ3v) is 2.83. The fourth-order valence-electron chi connectivity index (χ4n) is 1.74. The summed E-state index contributed by atoms with van der Waals surface area (Å²) < 4.78 is 14.9. The summed E-state index contributed by atoms with van der Waals surface area (Å²) in [5, 5.41) is 0.932. The Labute approximate surface area is 133 Å². The fourth-order valence-corrected chi connectivity index (χ4v) is 1.74. The van der Waals surface area contributed by atoms with Gasteiger partial charge in [0.2, 0.25) is 0 Å². The van der Waals surface area contributed by atoms with Crippen molar-refractivity contribution in [2.45, 2.75) is 0 Å². The molecule has 2 aromatic carbocycles. The van der Waals surface area contributed by atoms with Crippen LogP contribution in [-0.4, -0.2) is 26.4 Å². The molecule has 0 aliphatic carbocycles. The first-order valence-electron chi connectivity index (χ1n) is 6.69. The molecule has 0 aliphatic heterocycles. The van der Waals surface area contributed by atoms with E-state index in [9.17, 15) is 9.59 Å². The lowest BCUT2D eigenvalue weighted by Crippen LogP contribution is -2.47. The van der Waals surface area contributed by atoms with Crippen LogP contribution in [0.3, 0.4) is 0 Å². The van der Waals surface area contributed by atoms with Gasteiger partial charge in [-0.1, -0.05) is 24.3 Å². The van der Waals surface area contributed by atoms with E-state index in [-0.39, 0.29) is 0 Å². The maximum absolute atomic E-state index is 12.4. The summed E-state index contributed by atoms with van der Waals surface area (Å²) in [6, 6.07) is 15.1. The number of methoxy groups -OCH3 is 2. The second kappa shape index (κ2) is 7.69. The van der Waals surface area contributed by atoms with Crippen molar-refractivity contribution in [3.63, 3.8) is 0 Å². The number of nitrogens with zero attached hydrogens (tertiary/aromatic N) is 1. The molecule has 23 heavy (non-hydrogen) atoms. The number of benzene rings is 2. The molecule has 0 bridgehead atoms. The van der Waals surface area contributed by atoms with Gasteiger partial charge in [-0.25, -0.2) is 15.0 Å². The van der Waals surface area contributed by atoms with E-state index in [0.29, 0.717) is 17.2 Å². The van der Waals surface area contributed by atoms with Crippen LogP contribution in [0.1, 0.15) is 0 Å². The highest BCUT2D eigenvalue weighted by Gasteiger charge is 2.21. The van der Waals surface area contributed by atoms with Crippen LogP contribution in [0.25, 0.3) is 0 Å². The summed E-state index contributed by atoms with van der Waals surface area (Å²) in [6.07, 6.45) is -1.60. The smallest absolute Gasteiger partial charge is 0.439 e. The van der Waals surface area contributed by atoms with E-state index in [0.717, 1.165) is 5.01 Å². The Morgan fingerprint density at radius 2 is 1.65 bits per heavy atom. The van der Waals surface area contributed by atoms with E-state index < -0.39 is 12.2 Å². The van der Waals surface area contributed by atoms with Crippen molar-refractivity contribution in [2.24, 2.45) is 0 Å². The van der Waals surface area contributed by atoms with Gasteiger partial charge >= 0.3 is 12.2 Å². The number of ether oxygens (including phenoxy) is 3. The summed E-state index contributed by atoms with van der Waals surface area (Å²) in [6.45, 7) is 0. The van der Waals surface area contributed by atoms with Crippen molar-refractivity contribution in [1.82, 2.24) is 5.43 Å². The first kappa shape index (κ1) is 16.2. The van der Waals surface area contributed by atoms with E-state index >= 15 is 0 Å². The van der Waals surface area contributed by atoms with Gasteiger partial charge in [0.25, 0.3) is 0 Å². The molecule has 0 saturated heterocycles. The lowest BCUT2D eigenvalue weighted by Gasteiger charge is -2.22. The molecule has 120 valence electrons. The molecular weight excluding hydrogens is 300 g/mol. The summed E-state index contributed by atoms with van der Waals surface area (Å²) in [5.41, 5.74) is 2.65. The average molecular weight is 316 g/mol. The Bertz CT molecular complexity index is 675. The van der Waals surface area contributed by atoms with Crippen LogP contribution in [0.2, 0.25) is 0 Å². The van der Waals surface area contributed by atoms with Gasteiger partial charge < -0.3 is 14.2 Å². The van der Waals surface area contributed by atoms with Gasteiger partial charge in [-0.05, 0) is 24.3 Å². The summed E-state index contributed by atoms with van der Waals surface area (Å²) in [4.78, 5) is 23.8. The molecule has 7 heteroatoms. The first-order valence-corrected chi connectivity index (χ1v) is 6.69. The maximum Gasteiger partial charge on any atom is 0.439 e. The molecule has 1 N–H and O–H groups in total. The Kier molecular flexibility index (Phi) is 5.40. The molecule has 2 rings (SSSR count). The van der Waals surface area contributed by atoms with Gasteiger partial charge in [0.1, 0.15) is 11.5 Å². The van der Waals surface area contributed by atoms with Crippen LogP contribution < -0.4 is 19.9 Å².